The number of thioether (sulfide) groups is 1. The molecule has 0 saturated heterocycles. The van der Waals surface area contributed by atoms with E-state index in [4.69, 9.17) is 9.72 Å². The quantitative estimate of drug-likeness (QED) is 0.261. The van der Waals surface area contributed by atoms with E-state index in [2.05, 4.69) is 24.3 Å². The van der Waals surface area contributed by atoms with Crippen LogP contribution in [0.15, 0.2) is 64.6 Å². The summed E-state index contributed by atoms with van der Waals surface area (Å²) in [7, 11) is 1.63. The van der Waals surface area contributed by atoms with Crippen LogP contribution in [0.5, 0.6) is 5.75 Å². The maximum atomic E-state index is 13.7. The van der Waals surface area contributed by atoms with Crippen molar-refractivity contribution in [2.24, 2.45) is 0 Å². The largest absolute Gasteiger partial charge is 0.495 e. The Kier molecular flexibility index (Phi) is 6.30. The third kappa shape index (κ3) is 4.31. The summed E-state index contributed by atoms with van der Waals surface area (Å²) in [5, 5.41) is 1.36. The summed E-state index contributed by atoms with van der Waals surface area (Å²) < 4.78 is 7.29. The molecular weight excluding hydrogens is 424 g/mol. The van der Waals surface area contributed by atoms with Crippen molar-refractivity contribution in [2.75, 3.05) is 12.9 Å². The third-order valence-electron chi connectivity index (χ3n) is 5.17. The zero-order valence-corrected chi connectivity index (χ0v) is 19.6. The molecular formula is C25H24N2O2S2. The highest BCUT2D eigenvalue weighted by Crippen LogP contribution is 2.32. The fourth-order valence-electron chi connectivity index (χ4n) is 3.43. The number of aryl methyl sites for hydroxylation is 3. The van der Waals surface area contributed by atoms with Gasteiger partial charge >= 0.3 is 0 Å². The highest BCUT2D eigenvalue weighted by molar-refractivity contribution is 7.99. The number of nitrogens with zero attached hydrogens (tertiary/aromatic N) is 2. The number of hydrogen-bond acceptors (Lipinski definition) is 5. The first kappa shape index (κ1) is 21.4. The molecule has 0 aliphatic heterocycles. The Hall–Kier alpha value is -2.83. The number of ether oxygens (including phenoxy) is 1. The van der Waals surface area contributed by atoms with Crippen molar-refractivity contribution in [3.8, 4) is 11.4 Å². The van der Waals surface area contributed by atoms with Crippen LogP contribution in [0.4, 0.5) is 0 Å². The number of rotatable bonds is 6. The third-order valence-corrected chi connectivity index (χ3v) is 7.16. The summed E-state index contributed by atoms with van der Waals surface area (Å²) in [6.07, 6.45) is 4.18. The van der Waals surface area contributed by atoms with Crippen molar-refractivity contribution in [3.05, 3.63) is 86.5 Å². The Morgan fingerprint density at radius 1 is 1.13 bits per heavy atom. The summed E-state index contributed by atoms with van der Waals surface area (Å²) in [4.78, 5) is 20.5. The summed E-state index contributed by atoms with van der Waals surface area (Å²) in [6.45, 7) is 6.04. The molecule has 4 aromatic rings. The first-order valence-electron chi connectivity index (χ1n) is 10.0. The zero-order valence-electron chi connectivity index (χ0n) is 18.0. The van der Waals surface area contributed by atoms with Gasteiger partial charge in [0.25, 0.3) is 5.56 Å². The van der Waals surface area contributed by atoms with Crippen molar-refractivity contribution < 1.29 is 4.74 Å². The molecule has 0 amide bonds. The van der Waals surface area contributed by atoms with Crippen LogP contribution in [0, 0.1) is 20.8 Å². The Morgan fingerprint density at radius 3 is 2.65 bits per heavy atom. The van der Waals surface area contributed by atoms with Crippen LogP contribution >= 0.6 is 23.1 Å². The average Bonchev–Trinajstić information content (AvgIpc) is 3.05. The van der Waals surface area contributed by atoms with Gasteiger partial charge in [-0.25, -0.2) is 4.98 Å². The molecule has 4 rings (SSSR count). The predicted octanol–water partition coefficient (Wildman–Crippen LogP) is 6.19. The van der Waals surface area contributed by atoms with E-state index in [9.17, 15) is 4.79 Å². The second-order valence-electron chi connectivity index (χ2n) is 7.30. The van der Waals surface area contributed by atoms with Crippen molar-refractivity contribution in [1.29, 1.82) is 0 Å². The molecule has 0 fully saturated rings. The molecule has 0 aliphatic carbocycles. The van der Waals surface area contributed by atoms with E-state index < -0.39 is 0 Å². The van der Waals surface area contributed by atoms with Crippen LogP contribution in [0.3, 0.4) is 0 Å². The topological polar surface area (TPSA) is 44.1 Å². The maximum Gasteiger partial charge on any atom is 0.267 e. The summed E-state index contributed by atoms with van der Waals surface area (Å²) >= 11 is 3.12. The van der Waals surface area contributed by atoms with Gasteiger partial charge < -0.3 is 4.74 Å². The molecule has 0 spiro atoms. The molecule has 31 heavy (non-hydrogen) atoms. The van der Waals surface area contributed by atoms with Gasteiger partial charge in [-0.05, 0) is 49.6 Å². The van der Waals surface area contributed by atoms with E-state index in [1.54, 1.807) is 34.8 Å². The minimum absolute atomic E-state index is 0.0507. The number of hydrogen-bond donors (Lipinski definition) is 0. The normalized spacial score (nSPS) is 11.5. The van der Waals surface area contributed by atoms with Crippen LogP contribution in [-0.4, -0.2) is 22.4 Å². The van der Waals surface area contributed by atoms with Crippen LogP contribution in [0.2, 0.25) is 0 Å². The molecule has 2 heterocycles. The first-order chi connectivity index (χ1) is 15.0. The fourth-order valence-corrected chi connectivity index (χ4v) is 5.32. The lowest BCUT2D eigenvalue weighted by Gasteiger charge is -2.15. The van der Waals surface area contributed by atoms with Gasteiger partial charge in [0.2, 0.25) is 0 Å². The number of fused-ring (bicyclic) bond motifs is 1. The first-order valence-corrected chi connectivity index (χ1v) is 11.8. The zero-order chi connectivity index (χ0) is 22.0. The molecule has 158 valence electrons. The molecule has 0 aliphatic rings. The van der Waals surface area contributed by atoms with Crippen LogP contribution in [-0.2, 0) is 0 Å². The van der Waals surface area contributed by atoms with Crippen molar-refractivity contribution in [2.45, 2.75) is 25.9 Å². The molecule has 0 radical (unpaired) electrons. The molecule has 0 unspecified atom stereocenters. The number of methoxy groups -OCH3 is 1. The number of benzene rings is 2. The van der Waals surface area contributed by atoms with Crippen molar-refractivity contribution in [1.82, 2.24) is 9.55 Å². The van der Waals surface area contributed by atoms with Crippen molar-refractivity contribution >= 4 is 39.4 Å². The molecule has 0 atom stereocenters. The second-order valence-corrected chi connectivity index (χ2v) is 9.49. The van der Waals surface area contributed by atoms with Gasteiger partial charge in [0, 0.05) is 10.6 Å². The summed E-state index contributed by atoms with van der Waals surface area (Å²) in [6, 6.07) is 16.0. The predicted molar refractivity (Wildman–Crippen MR) is 132 cm³/mol. The van der Waals surface area contributed by atoms with Crippen LogP contribution in [0.25, 0.3) is 22.0 Å². The number of aromatic nitrogens is 2. The molecule has 0 bridgehead atoms. The van der Waals surface area contributed by atoms with Gasteiger partial charge in [0.15, 0.2) is 5.16 Å². The minimum atomic E-state index is -0.0507. The molecule has 2 aromatic carbocycles. The second kappa shape index (κ2) is 9.12. The average molecular weight is 449 g/mol. The maximum absolute atomic E-state index is 13.7. The highest BCUT2D eigenvalue weighted by atomic mass is 32.2. The lowest BCUT2D eigenvalue weighted by atomic mass is 10.2. The molecule has 2 aromatic heterocycles. The van der Waals surface area contributed by atoms with Gasteiger partial charge in [0.1, 0.15) is 10.6 Å². The van der Waals surface area contributed by atoms with E-state index in [1.165, 1.54) is 0 Å². The van der Waals surface area contributed by atoms with Gasteiger partial charge in [-0.3, -0.25) is 9.36 Å². The van der Waals surface area contributed by atoms with Crippen LogP contribution in [0.1, 0.15) is 21.6 Å². The standard InChI is InChI=1S/C25H24N2O2S2/c1-16-12-13-21(29-4)20(15-16)27-24(28)22-17(2)18(3)31-23(22)26-25(27)30-14-8-11-19-9-6-5-7-10-19/h5-13,15H,14H2,1-4H3. The van der Waals surface area contributed by atoms with Gasteiger partial charge in [-0.15, -0.1) is 11.3 Å². The molecule has 4 nitrogen and oxygen atoms in total. The van der Waals surface area contributed by atoms with Gasteiger partial charge in [-0.2, -0.15) is 0 Å². The lowest BCUT2D eigenvalue weighted by molar-refractivity contribution is 0.411. The Balaban J connectivity index is 1.82. The SMILES string of the molecule is COc1ccc(C)cc1-n1c(SCC=Cc2ccccc2)nc2sc(C)c(C)c2c1=O. The molecule has 0 N–H and O–H groups in total. The Labute approximate surface area is 190 Å². The minimum Gasteiger partial charge on any atom is -0.495 e. The van der Waals surface area contributed by atoms with E-state index in [-0.39, 0.29) is 5.56 Å². The van der Waals surface area contributed by atoms with E-state index >= 15 is 0 Å². The monoisotopic (exact) mass is 448 g/mol. The molecule has 6 heteroatoms. The van der Waals surface area contributed by atoms with Gasteiger partial charge in [-0.1, -0.05) is 60.3 Å². The lowest BCUT2D eigenvalue weighted by Crippen LogP contribution is -2.22. The number of thiophene rings is 1. The summed E-state index contributed by atoms with van der Waals surface area (Å²) in [5.74, 6) is 1.35. The van der Waals surface area contributed by atoms with Crippen LogP contribution < -0.4 is 10.3 Å². The molecule has 0 saturated carbocycles. The smallest absolute Gasteiger partial charge is 0.267 e. The van der Waals surface area contributed by atoms with E-state index in [0.717, 1.165) is 32.1 Å². The highest BCUT2D eigenvalue weighted by Gasteiger charge is 2.20. The van der Waals surface area contributed by atoms with Crippen molar-refractivity contribution in [3.63, 3.8) is 0 Å². The summed E-state index contributed by atoms with van der Waals surface area (Å²) in [5.41, 5.74) is 3.87. The Morgan fingerprint density at radius 2 is 1.90 bits per heavy atom. The van der Waals surface area contributed by atoms with E-state index in [1.807, 2.05) is 57.2 Å². The van der Waals surface area contributed by atoms with E-state index in [0.29, 0.717) is 22.0 Å². The fraction of sp³-hybridized carbons (Fsp3) is 0.200. The van der Waals surface area contributed by atoms with Gasteiger partial charge in [0.05, 0.1) is 18.2 Å². The Bertz CT molecular complexity index is 1320.